The molecule has 4 aromatic carbocycles. The summed E-state index contributed by atoms with van der Waals surface area (Å²) in [5.41, 5.74) is 12.3. The second-order valence-electron chi connectivity index (χ2n) is 8.26. The first-order valence-corrected chi connectivity index (χ1v) is 15.0. The van der Waals surface area contributed by atoms with Gasteiger partial charge in [-0.05, 0) is 58.9 Å². The van der Waals surface area contributed by atoms with E-state index in [0.29, 0.717) is 0 Å². The molecule has 0 fully saturated rings. The van der Waals surface area contributed by atoms with Crippen LogP contribution in [0.1, 0.15) is 91.5 Å². The smallest absolute Gasteiger partial charge is 0.0726 e. The van der Waals surface area contributed by atoms with Gasteiger partial charge in [0.1, 0.15) is 0 Å². The second kappa shape index (κ2) is 14.6. The Labute approximate surface area is 233 Å². The molecule has 0 atom stereocenters. The summed E-state index contributed by atoms with van der Waals surface area (Å²) >= 11 is 0. The van der Waals surface area contributed by atoms with Crippen LogP contribution in [0.25, 0.3) is 22.3 Å². The van der Waals surface area contributed by atoms with Crippen LogP contribution < -0.4 is 4.90 Å². The largest absolute Gasteiger partial charge is 0.372 e. The van der Waals surface area contributed by atoms with Crippen LogP contribution in [-0.2, 0) is 5.41 Å². The monoisotopic (exact) mass is 507 g/mol. The molecule has 1 spiro atoms. The zero-order valence-corrected chi connectivity index (χ0v) is 25.5. The summed E-state index contributed by atoms with van der Waals surface area (Å²) in [7, 11) is 0. The van der Waals surface area contributed by atoms with Gasteiger partial charge in [0.25, 0.3) is 0 Å². The SMILES string of the molecule is CC.CC.CC.CC.CCN(CC)c1cccc2c1-c1ccccc1C21c2ccccc2-c2ccccc21. The first kappa shape index (κ1) is 30.9. The van der Waals surface area contributed by atoms with E-state index in [1.54, 1.807) is 0 Å². The van der Waals surface area contributed by atoms with Crippen molar-refractivity contribution in [2.75, 3.05) is 18.0 Å². The molecule has 0 amide bonds. The third-order valence-corrected chi connectivity index (χ3v) is 7.10. The Bertz CT molecular complexity index is 1230. The van der Waals surface area contributed by atoms with Crippen molar-refractivity contribution >= 4 is 5.69 Å². The van der Waals surface area contributed by atoms with Crippen molar-refractivity contribution in [1.29, 1.82) is 0 Å². The van der Waals surface area contributed by atoms with Crippen molar-refractivity contribution < 1.29 is 0 Å². The van der Waals surface area contributed by atoms with E-state index in [1.165, 1.54) is 50.2 Å². The Hall–Kier alpha value is -3.32. The summed E-state index contributed by atoms with van der Waals surface area (Å²) in [5, 5.41) is 0. The Kier molecular flexibility index (Phi) is 11.9. The van der Waals surface area contributed by atoms with Gasteiger partial charge in [0.15, 0.2) is 0 Å². The first-order chi connectivity index (χ1) is 18.8. The van der Waals surface area contributed by atoms with Gasteiger partial charge in [0.2, 0.25) is 0 Å². The molecule has 2 aliphatic rings. The standard InChI is InChI=1S/C29H25N.4C2H6/c1-3-30(4-2)27-19-11-18-26-28(27)22-14-7-10-17-25(22)29(26)23-15-8-5-12-20(23)21-13-6-9-16-24(21)29;4*1-2/h5-19H,3-4H2,1-2H3;4*1-2H3. The molecule has 0 aliphatic heterocycles. The van der Waals surface area contributed by atoms with Crippen LogP contribution in [0.4, 0.5) is 5.69 Å². The van der Waals surface area contributed by atoms with Crippen molar-refractivity contribution in [2.24, 2.45) is 0 Å². The highest BCUT2D eigenvalue weighted by atomic mass is 15.1. The van der Waals surface area contributed by atoms with E-state index in [2.05, 4.69) is 110 Å². The predicted octanol–water partition coefficient (Wildman–Crippen LogP) is 11.0. The fraction of sp³-hybridized carbons (Fsp3) is 0.351. The molecule has 38 heavy (non-hydrogen) atoms. The van der Waals surface area contributed by atoms with Crippen LogP contribution in [0.5, 0.6) is 0 Å². The van der Waals surface area contributed by atoms with Crippen molar-refractivity contribution in [2.45, 2.75) is 74.7 Å². The fourth-order valence-corrected chi connectivity index (χ4v) is 5.95. The molecule has 0 bridgehead atoms. The number of anilines is 1. The minimum Gasteiger partial charge on any atom is -0.372 e. The van der Waals surface area contributed by atoms with Gasteiger partial charge in [0.05, 0.1) is 5.41 Å². The van der Waals surface area contributed by atoms with Crippen molar-refractivity contribution in [1.82, 2.24) is 0 Å². The van der Waals surface area contributed by atoms with E-state index in [1.807, 2.05) is 55.4 Å². The Morgan fingerprint density at radius 1 is 0.447 bits per heavy atom. The highest BCUT2D eigenvalue weighted by molar-refractivity contribution is 5.98. The van der Waals surface area contributed by atoms with Gasteiger partial charge in [-0.3, -0.25) is 0 Å². The third-order valence-electron chi connectivity index (χ3n) is 7.10. The van der Waals surface area contributed by atoms with Gasteiger partial charge in [-0.25, -0.2) is 0 Å². The minimum atomic E-state index is -0.234. The van der Waals surface area contributed by atoms with E-state index >= 15 is 0 Å². The molecule has 0 saturated heterocycles. The van der Waals surface area contributed by atoms with E-state index in [0.717, 1.165) is 13.1 Å². The summed E-state index contributed by atoms with van der Waals surface area (Å²) < 4.78 is 0. The third kappa shape index (κ3) is 4.68. The summed E-state index contributed by atoms with van der Waals surface area (Å²) in [6.07, 6.45) is 0. The topological polar surface area (TPSA) is 3.24 Å². The van der Waals surface area contributed by atoms with E-state index in [-0.39, 0.29) is 5.41 Å². The van der Waals surface area contributed by atoms with E-state index < -0.39 is 0 Å². The number of nitrogens with zero attached hydrogens (tertiary/aromatic N) is 1. The quantitative estimate of drug-likeness (QED) is 0.230. The normalized spacial score (nSPS) is 11.8. The minimum absolute atomic E-state index is 0.234. The number of hydrogen-bond donors (Lipinski definition) is 0. The molecule has 0 radical (unpaired) electrons. The van der Waals surface area contributed by atoms with Gasteiger partial charge in [-0.15, -0.1) is 0 Å². The van der Waals surface area contributed by atoms with Crippen LogP contribution in [0.3, 0.4) is 0 Å². The molecular weight excluding hydrogens is 458 g/mol. The van der Waals surface area contributed by atoms with Gasteiger partial charge in [-0.1, -0.05) is 140 Å². The van der Waals surface area contributed by atoms with Crippen LogP contribution in [0, 0.1) is 0 Å². The molecule has 0 aromatic heterocycles. The highest BCUT2D eigenvalue weighted by Crippen LogP contribution is 2.63. The summed E-state index contributed by atoms with van der Waals surface area (Å²) in [5.74, 6) is 0. The molecule has 0 saturated carbocycles. The first-order valence-electron chi connectivity index (χ1n) is 15.0. The highest BCUT2D eigenvalue weighted by Gasteiger charge is 2.52. The number of rotatable bonds is 3. The predicted molar refractivity (Wildman–Crippen MR) is 172 cm³/mol. The van der Waals surface area contributed by atoms with Crippen molar-refractivity contribution in [3.63, 3.8) is 0 Å². The average Bonchev–Trinajstić information content (AvgIpc) is 3.50. The van der Waals surface area contributed by atoms with Crippen LogP contribution in [0.15, 0.2) is 91.0 Å². The molecule has 202 valence electrons. The lowest BCUT2D eigenvalue weighted by Crippen LogP contribution is -2.26. The molecule has 1 heteroatoms. The molecule has 0 N–H and O–H groups in total. The number of fused-ring (bicyclic) bond motifs is 10. The Balaban J connectivity index is 0.000000583. The zero-order valence-electron chi connectivity index (χ0n) is 25.5. The molecule has 2 aliphatic carbocycles. The van der Waals surface area contributed by atoms with Gasteiger partial charge in [0, 0.05) is 24.3 Å². The fourth-order valence-electron chi connectivity index (χ4n) is 5.95. The maximum absolute atomic E-state index is 2.49. The van der Waals surface area contributed by atoms with E-state index in [4.69, 9.17) is 0 Å². The molecule has 1 nitrogen and oxygen atoms in total. The van der Waals surface area contributed by atoms with Crippen LogP contribution in [-0.4, -0.2) is 13.1 Å². The lowest BCUT2D eigenvalue weighted by molar-refractivity contribution is 0.792. The second-order valence-corrected chi connectivity index (χ2v) is 8.26. The summed E-state index contributed by atoms with van der Waals surface area (Å²) in [6, 6.07) is 34.0. The van der Waals surface area contributed by atoms with Gasteiger partial charge < -0.3 is 4.90 Å². The van der Waals surface area contributed by atoms with E-state index in [9.17, 15) is 0 Å². The molecule has 4 aromatic rings. The molecule has 0 unspecified atom stereocenters. The number of benzene rings is 4. The van der Waals surface area contributed by atoms with Crippen molar-refractivity contribution in [3.05, 3.63) is 113 Å². The average molecular weight is 508 g/mol. The van der Waals surface area contributed by atoms with Gasteiger partial charge >= 0.3 is 0 Å². The maximum Gasteiger partial charge on any atom is 0.0726 e. The lowest BCUT2D eigenvalue weighted by Gasteiger charge is -2.31. The van der Waals surface area contributed by atoms with Crippen molar-refractivity contribution in [3.8, 4) is 22.3 Å². The maximum atomic E-state index is 2.49. The van der Waals surface area contributed by atoms with Gasteiger partial charge in [-0.2, -0.15) is 0 Å². The van der Waals surface area contributed by atoms with Crippen LogP contribution in [0.2, 0.25) is 0 Å². The number of hydrogen-bond acceptors (Lipinski definition) is 1. The lowest BCUT2D eigenvalue weighted by atomic mass is 9.70. The summed E-state index contributed by atoms with van der Waals surface area (Å²) in [6.45, 7) is 22.5. The Morgan fingerprint density at radius 2 is 0.816 bits per heavy atom. The summed E-state index contributed by atoms with van der Waals surface area (Å²) in [4.78, 5) is 2.49. The Morgan fingerprint density at radius 3 is 1.26 bits per heavy atom. The zero-order chi connectivity index (χ0) is 28.3. The molecular formula is C37H49N. The molecule has 6 rings (SSSR count). The molecule has 0 heterocycles. The van der Waals surface area contributed by atoms with Crippen LogP contribution >= 0.6 is 0 Å².